The topological polar surface area (TPSA) is 28.2 Å². The van der Waals surface area contributed by atoms with Crippen molar-refractivity contribution >= 4 is 16.5 Å². The van der Waals surface area contributed by atoms with Crippen LogP contribution in [0.3, 0.4) is 0 Å². The van der Waals surface area contributed by atoms with Gasteiger partial charge in [0.05, 0.1) is 5.69 Å². The van der Waals surface area contributed by atoms with E-state index in [1.807, 2.05) is 11.3 Å². The Kier molecular flexibility index (Phi) is 5.67. The SMILES string of the molecule is CCc1nc(N(C)CC2CCCC2)sc1CNC(C)(C)C. The van der Waals surface area contributed by atoms with Crippen LogP contribution in [0.5, 0.6) is 0 Å². The largest absolute Gasteiger partial charge is 0.351 e. The lowest BCUT2D eigenvalue weighted by atomic mass is 10.1. The summed E-state index contributed by atoms with van der Waals surface area (Å²) in [4.78, 5) is 8.65. The van der Waals surface area contributed by atoms with Gasteiger partial charge < -0.3 is 10.2 Å². The second-order valence-electron chi connectivity index (χ2n) is 7.35. The van der Waals surface area contributed by atoms with Gasteiger partial charge in [-0.15, -0.1) is 11.3 Å². The summed E-state index contributed by atoms with van der Waals surface area (Å²) in [6.45, 7) is 11.0. The molecule has 0 saturated heterocycles. The first-order valence-electron chi connectivity index (χ1n) is 8.34. The third kappa shape index (κ3) is 4.96. The number of aromatic nitrogens is 1. The first-order chi connectivity index (χ1) is 9.89. The number of anilines is 1. The van der Waals surface area contributed by atoms with Crippen molar-refractivity contribution in [1.29, 1.82) is 0 Å². The van der Waals surface area contributed by atoms with Crippen molar-refractivity contribution in [3.8, 4) is 0 Å². The Labute approximate surface area is 134 Å². The Morgan fingerprint density at radius 1 is 1.29 bits per heavy atom. The predicted octanol–water partition coefficient (Wildman–Crippen LogP) is 4.22. The molecule has 1 saturated carbocycles. The van der Waals surface area contributed by atoms with Crippen LogP contribution in [-0.4, -0.2) is 24.1 Å². The van der Waals surface area contributed by atoms with Crippen molar-refractivity contribution in [2.24, 2.45) is 5.92 Å². The van der Waals surface area contributed by atoms with Crippen LogP contribution in [0.4, 0.5) is 5.13 Å². The second kappa shape index (κ2) is 7.10. The van der Waals surface area contributed by atoms with E-state index in [4.69, 9.17) is 4.98 Å². The van der Waals surface area contributed by atoms with Crippen molar-refractivity contribution in [3.63, 3.8) is 0 Å². The third-order valence-corrected chi connectivity index (χ3v) is 5.43. The summed E-state index contributed by atoms with van der Waals surface area (Å²) in [6, 6.07) is 0. The van der Waals surface area contributed by atoms with Crippen LogP contribution < -0.4 is 10.2 Å². The lowest BCUT2D eigenvalue weighted by Crippen LogP contribution is -2.35. The minimum absolute atomic E-state index is 0.158. The molecule has 1 aromatic rings. The fourth-order valence-electron chi connectivity index (χ4n) is 2.95. The predicted molar refractivity (Wildman–Crippen MR) is 93.3 cm³/mol. The molecule has 0 aliphatic heterocycles. The standard InChI is InChI=1S/C17H31N3S/c1-6-14-15(11-18-17(2,3)4)21-16(19-14)20(5)12-13-9-7-8-10-13/h13,18H,6-12H2,1-5H3. The highest BCUT2D eigenvalue weighted by Gasteiger charge is 2.20. The molecule has 0 unspecified atom stereocenters. The molecular weight excluding hydrogens is 278 g/mol. The summed E-state index contributed by atoms with van der Waals surface area (Å²) in [7, 11) is 2.21. The minimum Gasteiger partial charge on any atom is -0.351 e. The molecule has 0 atom stereocenters. The summed E-state index contributed by atoms with van der Waals surface area (Å²) < 4.78 is 0. The third-order valence-electron chi connectivity index (χ3n) is 4.21. The average Bonchev–Trinajstić information content (AvgIpc) is 3.03. The van der Waals surface area contributed by atoms with Crippen LogP contribution in [0, 0.1) is 5.92 Å². The van der Waals surface area contributed by atoms with E-state index in [0.717, 1.165) is 18.9 Å². The van der Waals surface area contributed by atoms with Crippen LogP contribution >= 0.6 is 11.3 Å². The maximum Gasteiger partial charge on any atom is 0.185 e. The van der Waals surface area contributed by atoms with Crippen molar-refractivity contribution < 1.29 is 0 Å². The number of rotatable bonds is 6. The van der Waals surface area contributed by atoms with E-state index in [1.54, 1.807) is 0 Å². The van der Waals surface area contributed by atoms with E-state index in [2.05, 4.69) is 45.0 Å². The molecule has 3 nitrogen and oxygen atoms in total. The normalized spacial score (nSPS) is 16.6. The average molecular weight is 310 g/mol. The van der Waals surface area contributed by atoms with Gasteiger partial charge in [-0.2, -0.15) is 0 Å². The van der Waals surface area contributed by atoms with Gasteiger partial charge in [-0.1, -0.05) is 19.8 Å². The van der Waals surface area contributed by atoms with E-state index in [1.165, 1.54) is 47.9 Å². The Balaban J connectivity index is 2.01. The number of thiazole rings is 1. The Hall–Kier alpha value is -0.610. The fourth-order valence-corrected chi connectivity index (χ4v) is 4.01. The number of hydrogen-bond acceptors (Lipinski definition) is 4. The Morgan fingerprint density at radius 3 is 2.52 bits per heavy atom. The molecule has 1 aliphatic carbocycles. The first-order valence-corrected chi connectivity index (χ1v) is 9.15. The van der Waals surface area contributed by atoms with Gasteiger partial charge in [-0.25, -0.2) is 4.98 Å². The molecule has 0 amide bonds. The van der Waals surface area contributed by atoms with Gasteiger partial charge in [0.15, 0.2) is 5.13 Å². The summed E-state index contributed by atoms with van der Waals surface area (Å²) in [6.07, 6.45) is 6.65. The Morgan fingerprint density at radius 2 is 1.95 bits per heavy atom. The van der Waals surface area contributed by atoms with Crippen molar-refractivity contribution in [2.45, 2.75) is 71.9 Å². The molecule has 0 spiro atoms. The first kappa shape index (κ1) is 16.8. The highest BCUT2D eigenvalue weighted by molar-refractivity contribution is 7.15. The number of hydrogen-bond donors (Lipinski definition) is 1. The Bertz CT molecular complexity index is 441. The summed E-state index contributed by atoms with van der Waals surface area (Å²) >= 11 is 1.87. The molecule has 0 radical (unpaired) electrons. The van der Waals surface area contributed by atoms with Crippen LogP contribution in [-0.2, 0) is 13.0 Å². The zero-order valence-corrected chi connectivity index (χ0v) is 15.1. The monoisotopic (exact) mass is 309 g/mol. The second-order valence-corrected chi connectivity index (χ2v) is 8.42. The van der Waals surface area contributed by atoms with Crippen LogP contribution in [0.25, 0.3) is 0 Å². The molecule has 120 valence electrons. The van der Waals surface area contributed by atoms with E-state index in [0.29, 0.717) is 0 Å². The van der Waals surface area contributed by atoms with Crippen LogP contribution in [0.2, 0.25) is 0 Å². The molecule has 1 aromatic heterocycles. The summed E-state index contributed by atoms with van der Waals surface area (Å²) in [5, 5.41) is 4.79. The van der Waals surface area contributed by atoms with Crippen molar-refractivity contribution in [1.82, 2.24) is 10.3 Å². The summed E-state index contributed by atoms with van der Waals surface area (Å²) in [5.41, 5.74) is 1.43. The maximum atomic E-state index is 4.88. The molecule has 0 bridgehead atoms. The van der Waals surface area contributed by atoms with Gasteiger partial charge in [-0.05, 0) is 46.0 Å². The smallest absolute Gasteiger partial charge is 0.185 e. The molecule has 21 heavy (non-hydrogen) atoms. The minimum atomic E-state index is 0.158. The highest BCUT2D eigenvalue weighted by atomic mass is 32.1. The number of aryl methyl sites for hydroxylation is 1. The lowest BCUT2D eigenvalue weighted by Gasteiger charge is -2.20. The lowest BCUT2D eigenvalue weighted by molar-refractivity contribution is 0.425. The molecule has 0 aromatic carbocycles. The van der Waals surface area contributed by atoms with Gasteiger partial charge in [0.2, 0.25) is 0 Å². The highest BCUT2D eigenvalue weighted by Crippen LogP contribution is 2.30. The molecule has 4 heteroatoms. The van der Waals surface area contributed by atoms with Crippen LogP contribution in [0.15, 0.2) is 0 Å². The zero-order valence-electron chi connectivity index (χ0n) is 14.3. The molecule has 2 rings (SSSR count). The molecular formula is C17H31N3S. The van der Waals surface area contributed by atoms with Gasteiger partial charge in [0, 0.05) is 30.6 Å². The summed E-state index contributed by atoms with van der Waals surface area (Å²) in [5.74, 6) is 0.875. The number of nitrogens with zero attached hydrogens (tertiary/aromatic N) is 2. The van der Waals surface area contributed by atoms with Gasteiger partial charge in [-0.3, -0.25) is 0 Å². The van der Waals surface area contributed by atoms with Gasteiger partial charge >= 0.3 is 0 Å². The van der Waals surface area contributed by atoms with Gasteiger partial charge in [0.1, 0.15) is 0 Å². The van der Waals surface area contributed by atoms with Crippen LogP contribution in [0.1, 0.15) is 63.9 Å². The van der Waals surface area contributed by atoms with E-state index in [9.17, 15) is 0 Å². The van der Waals surface area contributed by atoms with E-state index < -0.39 is 0 Å². The van der Waals surface area contributed by atoms with E-state index >= 15 is 0 Å². The van der Waals surface area contributed by atoms with Crippen molar-refractivity contribution in [3.05, 3.63) is 10.6 Å². The van der Waals surface area contributed by atoms with E-state index in [-0.39, 0.29) is 5.54 Å². The maximum absolute atomic E-state index is 4.88. The van der Waals surface area contributed by atoms with Gasteiger partial charge in [0.25, 0.3) is 0 Å². The molecule has 1 N–H and O–H groups in total. The number of nitrogens with one attached hydrogen (secondary N) is 1. The van der Waals surface area contributed by atoms with Crippen molar-refractivity contribution in [2.75, 3.05) is 18.5 Å². The zero-order chi connectivity index (χ0) is 15.5. The molecule has 1 heterocycles. The fraction of sp³-hybridized carbons (Fsp3) is 0.824. The molecule has 1 fully saturated rings. The molecule has 1 aliphatic rings. The quantitative estimate of drug-likeness (QED) is 0.853.